The van der Waals surface area contributed by atoms with E-state index in [1.807, 2.05) is 0 Å². The van der Waals surface area contributed by atoms with E-state index in [2.05, 4.69) is 84.7 Å². The fraction of sp³-hybridized carbons (Fsp3) is 0.769. The Labute approximate surface area is 184 Å². The zero-order chi connectivity index (χ0) is 21.8. The molecule has 29 heavy (non-hydrogen) atoms. The zero-order valence-electron chi connectivity index (χ0n) is 20.3. The van der Waals surface area contributed by atoms with E-state index in [1.165, 1.54) is 42.5 Å². The highest BCUT2D eigenvalue weighted by Gasteiger charge is 2.59. The van der Waals surface area contributed by atoms with Crippen LogP contribution in [0.1, 0.15) is 99.1 Å². The van der Waals surface area contributed by atoms with Gasteiger partial charge in [-0.15, -0.1) is 0 Å². The second kappa shape index (κ2) is 7.45. The first-order chi connectivity index (χ1) is 13.2. The van der Waals surface area contributed by atoms with Crippen LogP contribution in [0.3, 0.4) is 0 Å². The molecular weight excluding hydrogens is 376 g/mol. The van der Waals surface area contributed by atoms with E-state index in [0.717, 1.165) is 18.1 Å². The molecule has 0 aromatic heterocycles. The molecule has 3 heteroatoms. The molecule has 1 saturated carbocycles. The van der Waals surface area contributed by atoms with E-state index in [-0.39, 0.29) is 21.8 Å². The predicted molar refractivity (Wildman–Crippen MR) is 128 cm³/mol. The van der Waals surface area contributed by atoms with Gasteiger partial charge in [0.2, 0.25) is 0 Å². The maximum Gasteiger partial charge on any atom is 0.0455 e. The Morgan fingerprint density at radius 2 is 1.52 bits per heavy atom. The molecule has 1 aliphatic carbocycles. The first-order valence-electron chi connectivity index (χ1n) is 11.5. The lowest BCUT2D eigenvalue weighted by Crippen LogP contribution is -2.55. The zero-order valence-corrected chi connectivity index (χ0v) is 21.1. The summed E-state index contributed by atoms with van der Waals surface area (Å²) in [5.74, 6) is 0. The fourth-order valence-electron chi connectivity index (χ4n) is 6.21. The van der Waals surface area contributed by atoms with Crippen molar-refractivity contribution in [3.05, 3.63) is 28.3 Å². The van der Waals surface area contributed by atoms with Gasteiger partial charge in [-0.25, -0.2) is 0 Å². The van der Waals surface area contributed by atoms with E-state index >= 15 is 0 Å². The number of nitrogens with zero attached hydrogens (tertiary/aromatic N) is 1. The normalized spacial score (nSPS) is 20.4. The number of hydrogen-bond acceptors (Lipinski definition) is 2. The summed E-state index contributed by atoms with van der Waals surface area (Å²) in [4.78, 5) is 2.63. The topological polar surface area (TPSA) is 15.3 Å². The van der Waals surface area contributed by atoms with Gasteiger partial charge in [-0.1, -0.05) is 66.0 Å². The number of halogens is 1. The minimum absolute atomic E-state index is 0.0141. The molecule has 1 aromatic carbocycles. The van der Waals surface area contributed by atoms with E-state index in [9.17, 15) is 0 Å². The number of anilines is 1. The second-order valence-corrected chi connectivity index (χ2v) is 12.9. The average molecular weight is 419 g/mol. The van der Waals surface area contributed by atoms with Crippen molar-refractivity contribution in [2.45, 2.75) is 112 Å². The van der Waals surface area contributed by atoms with E-state index < -0.39 is 0 Å². The van der Waals surface area contributed by atoms with Crippen LogP contribution in [0.4, 0.5) is 5.69 Å². The van der Waals surface area contributed by atoms with E-state index in [4.69, 9.17) is 11.6 Å². The quantitative estimate of drug-likeness (QED) is 0.552. The van der Waals surface area contributed by atoms with Crippen LogP contribution in [0.2, 0.25) is 5.02 Å². The molecule has 1 N–H and O–H groups in total. The van der Waals surface area contributed by atoms with Gasteiger partial charge < -0.3 is 10.2 Å². The lowest BCUT2D eigenvalue weighted by atomic mass is 9.51. The number of hydrogen-bond donors (Lipinski definition) is 1. The van der Waals surface area contributed by atoms with Crippen LogP contribution in [0, 0.1) is 10.8 Å². The van der Waals surface area contributed by atoms with Crippen LogP contribution in [-0.2, 0) is 12.0 Å². The SMILES string of the molecule is CC(C)(C)N1CC(C(C)(C)C)(C(C)(C)C)c2c1ccc(Cl)c2CNC1CCCC1. The van der Waals surface area contributed by atoms with Crippen molar-refractivity contribution in [1.29, 1.82) is 0 Å². The predicted octanol–water partition coefficient (Wildman–Crippen LogP) is 7.32. The summed E-state index contributed by atoms with van der Waals surface area (Å²) in [6, 6.07) is 5.05. The monoisotopic (exact) mass is 418 g/mol. The number of rotatable bonds is 3. The van der Waals surface area contributed by atoms with E-state index in [1.54, 1.807) is 0 Å². The van der Waals surface area contributed by atoms with Crippen molar-refractivity contribution < 1.29 is 0 Å². The maximum atomic E-state index is 6.92. The number of benzene rings is 1. The summed E-state index contributed by atoms with van der Waals surface area (Å²) in [7, 11) is 0. The van der Waals surface area contributed by atoms with Crippen LogP contribution >= 0.6 is 11.6 Å². The smallest absolute Gasteiger partial charge is 0.0455 e. The van der Waals surface area contributed by atoms with Crippen LogP contribution in [0.15, 0.2) is 12.1 Å². The van der Waals surface area contributed by atoms with Gasteiger partial charge in [-0.2, -0.15) is 0 Å². The van der Waals surface area contributed by atoms with Gasteiger partial charge >= 0.3 is 0 Å². The highest BCUT2D eigenvalue weighted by Crippen LogP contribution is 2.62. The number of fused-ring (bicyclic) bond motifs is 1. The van der Waals surface area contributed by atoms with Crippen LogP contribution in [0.25, 0.3) is 0 Å². The summed E-state index contributed by atoms with van der Waals surface area (Å²) in [6.07, 6.45) is 5.29. The molecule has 0 saturated heterocycles. The molecule has 0 bridgehead atoms. The lowest BCUT2D eigenvalue weighted by molar-refractivity contribution is 0.0627. The fourth-order valence-corrected chi connectivity index (χ4v) is 6.43. The molecule has 0 amide bonds. The molecule has 1 heterocycles. The van der Waals surface area contributed by atoms with Crippen LogP contribution in [0.5, 0.6) is 0 Å². The Balaban J connectivity index is 2.22. The first kappa shape index (κ1) is 22.9. The van der Waals surface area contributed by atoms with Crippen molar-refractivity contribution >= 4 is 17.3 Å². The van der Waals surface area contributed by atoms with Gasteiger partial charge in [-0.05, 0) is 67.7 Å². The highest BCUT2D eigenvalue weighted by molar-refractivity contribution is 6.31. The van der Waals surface area contributed by atoms with Gasteiger partial charge in [0.25, 0.3) is 0 Å². The Morgan fingerprint density at radius 3 is 2.00 bits per heavy atom. The van der Waals surface area contributed by atoms with Crippen LogP contribution < -0.4 is 10.2 Å². The van der Waals surface area contributed by atoms with Gasteiger partial charge in [0, 0.05) is 40.8 Å². The van der Waals surface area contributed by atoms with Crippen molar-refractivity contribution in [2.24, 2.45) is 10.8 Å². The Kier molecular flexibility index (Phi) is 5.89. The lowest BCUT2D eigenvalue weighted by Gasteiger charge is -2.53. The third-order valence-electron chi connectivity index (χ3n) is 7.64. The molecule has 0 unspecified atom stereocenters. The molecule has 1 aliphatic heterocycles. The van der Waals surface area contributed by atoms with Crippen molar-refractivity contribution in [1.82, 2.24) is 5.32 Å². The summed E-state index contributed by atoms with van der Waals surface area (Å²) in [5.41, 5.74) is 4.49. The molecule has 0 atom stereocenters. The van der Waals surface area contributed by atoms with Crippen molar-refractivity contribution in [3.63, 3.8) is 0 Å². The van der Waals surface area contributed by atoms with Crippen molar-refractivity contribution in [3.8, 4) is 0 Å². The van der Waals surface area contributed by atoms with Gasteiger partial charge in [0.1, 0.15) is 0 Å². The second-order valence-electron chi connectivity index (χ2n) is 12.4. The number of nitrogens with one attached hydrogen (secondary N) is 1. The average Bonchev–Trinajstić information content (AvgIpc) is 3.17. The molecule has 0 radical (unpaired) electrons. The Hall–Kier alpha value is -0.730. The summed E-state index contributed by atoms with van der Waals surface area (Å²) < 4.78 is 0. The van der Waals surface area contributed by atoms with Crippen LogP contribution in [-0.4, -0.2) is 18.1 Å². The standard InChI is InChI=1S/C26H43ClN2/c1-23(2,3)26(24(4,5)6)17-29(25(7,8)9)21-15-14-20(27)19(22(21)26)16-28-18-12-10-11-13-18/h14-15,18,28H,10-13,16-17H2,1-9H3. The molecule has 1 aromatic rings. The highest BCUT2D eigenvalue weighted by atomic mass is 35.5. The molecular formula is C26H43ClN2. The first-order valence-corrected chi connectivity index (χ1v) is 11.9. The largest absolute Gasteiger partial charge is 0.366 e. The summed E-state index contributed by atoms with van der Waals surface area (Å²) >= 11 is 6.92. The van der Waals surface area contributed by atoms with Crippen molar-refractivity contribution in [2.75, 3.05) is 11.4 Å². The molecule has 164 valence electrons. The molecule has 2 aliphatic rings. The Morgan fingerprint density at radius 1 is 0.966 bits per heavy atom. The summed E-state index contributed by atoms with van der Waals surface area (Å²) in [6.45, 7) is 23.4. The van der Waals surface area contributed by atoms with Gasteiger partial charge in [0.05, 0.1) is 0 Å². The molecule has 1 fully saturated rings. The molecule has 0 spiro atoms. The summed E-state index contributed by atoms with van der Waals surface area (Å²) in [5, 5.41) is 4.78. The third-order valence-corrected chi connectivity index (χ3v) is 7.99. The maximum absolute atomic E-state index is 6.92. The van der Waals surface area contributed by atoms with Gasteiger partial charge in [-0.3, -0.25) is 0 Å². The minimum atomic E-state index is 0.0141. The molecule has 2 nitrogen and oxygen atoms in total. The minimum Gasteiger partial charge on any atom is -0.366 e. The molecule has 3 rings (SSSR count). The van der Waals surface area contributed by atoms with Gasteiger partial charge in [0.15, 0.2) is 0 Å². The van der Waals surface area contributed by atoms with E-state index in [0.29, 0.717) is 6.04 Å². The third kappa shape index (κ3) is 3.85. The Bertz CT molecular complexity index is 726.